The highest BCUT2D eigenvalue weighted by molar-refractivity contribution is 5.13. The van der Waals surface area contributed by atoms with Crippen LogP contribution in [0.1, 0.15) is 5.56 Å². The van der Waals surface area contributed by atoms with Gasteiger partial charge in [0.15, 0.2) is 6.10 Å². The molecule has 1 aromatic rings. The molecule has 0 saturated carbocycles. The summed E-state index contributed by atoms with van der Waals surface area (Å²) >= 11 is 0. The van der Waals surface area contributed by atoms with Crippen molar-refractivity contribution in [2.75, 3.05) is 6.61 Å². The van der Waals surface area contributed by atoms with E-state index < -0.39 is 24.5 Å². The maximum atomic E-state index is 12.1. The van der Waals surface area contributed by atoms with Gasteiger partial charge in [-0.05, 0) is 5.56 Å². The van der Waals surface area contributed by atoms with Crippen LogP contribution in [0.2, 0.25) is 0 Å². The highest BCUT2D eigenvalue weighted by Crippen LogP contribution is 2.34. The van der Waals surface area contributed by atoms with Gasteiger partial charge in [0.2, 0.25) is 0 Å². The monoisotopic (exact) mass is 262 g/mol. The molecular weight excluding hydrogens is 249 g/mol. The van der Waals surface area contributed by atoms with Crippen molar-refractivity contribution in [3.05, 3.63) is 35.9 Å². The quantitative estimate of drug-likeness (QED) is 0.824. The van der Waals surface area contributed by atoms with Crippen molar-refractivity contribution in [2.24, 2.45) is 0 Å². The summed E-state index contributed by atoms with van der Waals surface area (Å²) in [6.07, 6.45) is -8.94. The number of ether oxygens (including phenoxy) is 2. The van der Waals surface area contributed by atoms with Crippen molar-refractivity contribution in [3.8, 4) is 0 Å². The second kappa shape index (κ2) is 5.26. The van der Waals surface area contributed by atoms with Crippen LogP contribution in [0.5, 0.6) is 0 Å². The van der Waals surface area contributed by atoms with Crippen molar-refractivity contribution >= 4 is 0 Å². The summed E-state index contributed by atoms with van der Waals surface area (Å²) in [5, 5.41) is 8.91. The van der Waals surface area contributed by atoms with Crippen LogP contribution in [0.15, 0.2) is 30.3 Å². The minimum atomic E-state index is -4.64. The first-order valence-electron chi connectivity index (χ1n) is 5.50. The summed E-state index contributed by atoms with van der Waals surface area (Å²) < 4.78 is 46.4. The van der Waals surface area contributed by atoms with Gasteiger partial charge in [0.1, 0.15) is 12.2 Å². The molecule has 0 radical (unpaired) electrons. The maximum absolute atomic E-state index is 12.1. The lowest BCUT2D eigenvalue weighted by Gasteiger charge is -2.11. The van der Waals surface area contributed by atoms with Gasteiger partial charge < -0.3 is 14.6 Å². The van der Waals surface area contributed by atoms with Gasteiger partial charge in [0, 0.05) is 0 Å². The molecule has 1 heterocycles. The first kappa shape index (κ1) is 13.3. The Morgan fingerprint density at radius 3 is 2.56 bits per heavy atom. The molecule has 0 bridgehead atoms. The Bertz CT molecular complexity index is 380. The number of epoxide rings is 1. The average Bonchev–Trinajstić information content (AvgIpc) is 3.08. The Balaban J connectivity index is 1.68. The Kier molecular flexibility index (Phi) is 3.89. The number of alkyl halides is 3. The number of aliphatic hydroxyl groups excluding tert-OH is 1. The largest absolute Gasteiger partial charge is 0.417 e. The number of rotatable bonds is 5. The van der Waals surface area contributed by atoms with Crippen LogP contribution in [0, 0.1) is 0 Å². The zero-order valence-electron chi connectivity index (χ0n) is 9.43. The molecule has 0 aromatic heterocycles. The number of aliphatic hydroxyl groups is 1. The van der Waals surface area contributed by atoms with E-state index in [1.807, 2.05) is 30.3 Å². The summed E-state index contributed by atoms with van der Waals surface area (Å²) in [6, 6.07) is 9.28. The number of hydrogen-bond donors (Lipinski definition) is 1. The van der Waals surface area contributed by atoms with Crippen molar-refractivity contribution in [2.45, 2.75) is 31.1 Å². The van der Waals surface area contributed by atoms with E-state index in [4.69, 9.17) is 14.6 Å². The summed E-state index contributed by atoms with van der Waals surface area (Å²) in [6.45, 7) is 0.363. The van der Waals surface area contributed by atoms with E-state index in [2.05, 4.69) is 0 Å². The molecule has 3 unspecified atom stereocenters. The predicted molar refractivity (Wildman–Crippen MR) is 56.8 cm³/mol. The molecule has 0 aliphatic carbocycles. The van der Waals surface area contributed by atoms with Crippen molar-refractivity contribution in [1.29, 1.82) is 0 Å². The zero-order valence-corrected chi connectivity index (χ0v) is 9.43. The standard InChI is InChI=1S/C12H13F3O3/c13-12(14,15)11(16)10-9(18-10)7-17-6-8-4-2-1-3-5-8/h1-5,9-11,16H,6-7H2. The van der Waals surface area contributed by atoms with Crippen molar-refractivity contribution in [3.63, 3.8) is 0 Å². The second-order valence-electron chi connectivity index (χ2n) is 4.13. The third-order valence-electron chi connectivity index (χ3n) is 2.66. The fourth-order valence-corrected chi connectivity index (χ4v) is 1.62. The van der Waals surface area contributed by atoms with Gasteiger partial charge in [-0.2, -0.15) is 13.2 Å². The van der Waals surface area contributed by atoms with Crippen LogP contribution in [0.4, 0.5) is 13.2 Å². The molecule has 1 saturated heterocycles. The molecule has 0 spiro atoms. The molecule has 1 fully saturated rings. The SMILES string of the molecule is OC(C1OC1COCc1ccccc1)C(F)(F)F. The van der Waals surface area contributed by atoms with Gasteiger partial charge in [0.25, 0.3) is 0 Å². The molecule has 1 N–H and O–H groups in total. The first-order chi connectivity index (χ1) is 8.48. The minimum Gasteiger partial charge on any atom is -0.381 e. The molecule has 3 atom stereocenters. The molecule has 3 nitrogen and oxygen atoms in total. The molecular formula is C12H13F3O3. The lowest BCUT2D eigenvalue weighted by Crippen LogP contribution is -2.35. The fraction of sp³-hybridized carbons (Fsp3) is 0.500. The smallest absolute Gasteiger partial charge is 0.381 e. The van der Waals surface area contributed by atoms with Crippen LogP contribution in [-0.2, 0) is 16.1 Å². The number of halogens is 3. The fourth-order valence-electron chi connectivity index (χ4n) is 1.62. The Labute approximate surface area is 102 Å². The van der Waals surface area contributed by atoms with E-state index in [1.165, 1.54) is 0 Å². The van der Waals surface area contributed by atoms with Gasteiger partial charge in [-0.25, -0.2) is 0 Å². The molecule has 1 aromatic carbocycles. The van der Waals surface area contributed by atoms with E-state index >= 15 is 0 Å². The highest BCUT2D eigenvalue weighted by atomic mass is 19.4. The summed E-state index contributed by atoms with van der Waals surface area (Å²) in [5.74, 6) is 0. The van der Waals surface area contributed by atoms with Crippen LogP contribution in [0.25, 0.3) is 0 Å². The molecule has 0 amide bonds. The predicted octanol–water partition coefficient (Wildman–Crippen LogP) is 1.89. The van der Waals surface area contributed by atoms with E-state index in [-0.39, 0.29) is 6.61 Å². The molecule has 100 valence electrons. The van der Waals surface area contributed by atoms with Crippen LogP contribution in [-0.4, -0.2) is 36.2 Å². The molecule has 18 heavy (non-hydrogen) atoms. The highest BCUT2D eigenvalue weighted by Gasteiger charge is 2.55. The number of hydrogen-bond acceptors (Lipinski definition) is 3. The van der Waals surface area contributed by atoms with Crippen LogP contribution >= 0.6 is 0 Å². The van der Waals surface area contributed by atoms with Gasteiger partial charge in [0.05, 0.1) is 13.2 Å². The lowest BCUT2D eigenvalue weighted by molar-refractivity contribution is -0.208. The Hall–Kier alpha value is -1.11. The van der Waals surface area contributed by atoms with Gasteiger partial charge >= 0.3 is 6.18 Å². The zero-order chi connectivity index (χ0) is 13.2. The van der Waals surface area contributed by atoms with Crippen LogP contribution < -0.4 is 0 Å². The van der Waals surface area contributed by atoms with Crippen LogP contribution in [0.3, 0.4) is 0 Å². The maximum Gasteiger partial charge on any atom is 0.417 e. The molecule has 1 aliphatic heterocycles. The molecule has 2 rings (SSSR count). The minimum absolute atomic E-state index is 0.0483. The van der Waals surface area contributed by atoms with E-state index in [9.17, 15) is 13.2 Å². The van der Waals surface area contributed by atoms with Gasteiger partial charge in [-0.3, -0.25) is 0 Å². The van der Waals surface area contributed by atoms with E-state index in [0.717, 1.165) is 5.56 Å². The normalized spacial score (nSPS) is 24.9. The third kappa shape index (κ3) is 3.44. The molecule has 1 aliphatic rings. The van der Waals surface area contributed by atoms with E-state index in [0.29, 0.717) is 6.61 Å². The van der Waals surface area contributed by atoms with Gasteiger partial charge in [-0.1, -0.05) is 30.3 Å². The van der Waals surface area contributed by atoms with E-state index in [1.54, 1.807) is 0 Å². The lowest BCUT2D eigenvalue weighted by atomic mass is 10.2. The second-order valence-corrected chi connectivity index (χ2v) is 4.13. The first-order valence-corrected chi connectivity index (χ1v) is 5.50. The Morgan fingerprint density at radius 2 is 1.94 bits per heavy atom. The number of benzene rings is 1. The summed E-state index contributed by atoms with van der Waals surface area (Å²) in [4.78, 5) is 0. The summed E-state index contributed by atoms with van der Waals surface area (Å²) in [5.41, 5.74) is 0.936. The Morgan fingerprint density at radius 1 is 1.28 bits per heavy atom. The summed E-state index contributed by atoms with van der Waals surface area (Å²) in [7, 11) is 0. The van der Waals surface area contributed by atoms with Gasteiger partial charge in [-0.15, -0.1) is 0 Å². The average molecular weight is 262 g/mol. The van der Waals surface area contributed by atoms with Crippen molar-refractivity contribution < 1.29 is 27.8 Å². The van der Waals surface area contributed by atoms with Crippen molar-refractivity contribution in [1.82, 2.24) is 0 Å². The topological polar surface area (TPSA) is 42.0 Å². The third-order valence-corrected chi connectivity index (χ3v) is 2.66. The molecule has 6 heteroatoms.